The van der Waals surface area contributed by atoms with Crippen LogP contribution in [0.4, 0.5) is 0 Å². The second kappa shape index (κ2) is 7.95. The molecule has 3 aliphatic heterocycles. The van der Waals surface area contributed by atoms with E-state index >= 15 is 0 Å². The van der Waals surface area contributed by atoms with Crippen LogP contribution >= 0.6 is 0 Å². The van der Waals surface area contributed by atoms with Crippen LogP contribution in [0.1, 0.15) is 67.3 Å². The molecule has 32 heavy (non-hydrogen) atoms. The van der Waals surface area contributed by atoms with Crippen LogP contribution in [-0.2, 0) is 6.42 Å². The molecule has 6 rings (SSSR count). The van der Waals surface area contributed by atoms with Crippen LogP contribution in [0, 0.1) is 5.92 Å². The summed E-state index contributed by atoms with van der Waals surface area (Å²) >= 11 is 0. The molecule has 3 heterocycles. The number of hydrogen-bond donors (Lipinski definition) is 0. The van der Waals surface area contributed by atoms with Gasteiger partial charge in [-0.3, -0.25) is 0 Å². The molecule has 5 heteroatoms. The molecular weight excluding hydrogens is 402 g/mol. The first-order valence-electron chi connectivity index (χ1n) is 12.0. The number of fused-ring (bicyclic) bond motifs is 5. The van der Waals surface area contributed by atoms with Crippen molar-refractivity contribution in [2.45, 2.75) is 51.5 Å². The van der Waals surface area contributed by atoms with Crippen molar-refractivity contribution in [1.29, 1.82) is 0 Å². The highest BCUT2D eigenvalue weighted by atomic mass is 16.7. The third-order valence-corrected chi connectivity index (χ3v) is 7.44. The van der Waals surface area contributed by atoms with Gasteiger partial charge in [-0.15, -0.1) is 0 Å². The van der Waals surface area contributed by atoms with Gasteiger partial charge in [-0.05, 0) is 67.0 Å². The van der Waals surface area contributed by atoms with Gasteiger partial charge in [0.2, 0.25) is 6.79 Å². The molecule has 1 fully saturated rings. The zero-order valence-electron chi connectivity index (χ0n) is 19.0. The van der Waals surface area contributed by atoms with Gasteiger partial charge in [-0.2, -0.15) is 0 Å². The Kier molecular flexibility index (Phi) is 4.93. The summed E-state index contributed by atoms with van der Waals surface area (Å²) < 4.78 is 23.5. The van der Waals surface area contributed by atoms with Gasteiger partial charge in [0.25, 0.3) is 0 Å². The Hall–Kier alpha value is -2.82. The van der Waals surface area contributed by atoms with Gasteiger partial charge in [0, 0.05) is 23.4 Å². The number of hydrogen-bond acceptors (Lipinski definition) is 5. The molecule has 0 saturated heterocycles. The molecule has 0 unspecified atom stereocenters. The van der Waals surface area contributed by atoms with Crippen LogP contribution in [0.3, 0.4) is 0 Å². The molecule has 0 radical (unpaired) electrons. The summed E-state index contributed by atoms with van der Waals surface area (Å²) in [5.74, 6) is 4.15. The van der Waals surface area contributed by atoms with Crippen LogP contribution < -0.4 is 18.9 Å². The highest BCUT2D eigenvalue weighted by Gasteiger charge is 2.41. The summed E-state index contributed by atoms with van der Waals surface area (Å²) in [6.07, 6.45) is 9.50. The van der Waals surface area contributed by atoms with E-state index in [1.165, 1.54) is 53.6 Å². The van der Waals surface area contributed by atoms with E-state index in [1.807, 2.05) is 0 Å². The standard InChI is InChI=1S/C27H31NO4/c1-3-12-30-27-22(29-2)9-8-19-13-21-20-15-24-23(31-16-32-24)14-18(20)10-11-28(21)26(25(19)27)17-6-4-5-7-17/h8-9,13-15,17,26H,3-7,10-12,16H2,1-2H3/t26-/m0/s1. The van der Waals surface area contributed by atoms with Crippen molar-refractivity contribution < 1.29 is 18.9 Å². The molecule has 2 aromatic carbocycles. The van der Waals surface area contributed by atoms with Crippen molar-refractivity contribution in [1.82, 2.24) is 4.90 Å². The third-order valence-electron chi connectivity index (χ3n) is 7.44. The Balaban J connectivity index is 1.54. The van der Waals surface area contributed by atoms with E-state index < -0.39 is 0 Å². The quantitative estimate of drug-likeness (QED) is 0.595. The minimum atomic E-state index is 0.312. The molecule has 4 aliphatic rings. The van der Waals surface area contributed by atoms with Gasteiger partial charge < -0.3 is 23.8 Å². The summed E-state index contributed by atoms with van der Waals surface area (Å²) in [5.41, 5.74) is 6.51. The summed E-state index contributed by atoms with van der Waals surface area (Å²) in [7, 11) is 1.75. The van der Waals surface area contributed by atoms with Gasteiger partial charge in [-0.25, -0.2) is 0 Å². The first-order valence-corrected chi connectivity index (χ1v) is 12.0. The summed E-state index contributed by atoms with van der Waals surface area (Å²) in [6.45, 7) is 4.17. The zero-order valence-corrected chi connectivity index (χ0v) is 19.0. The Bertz CT molecular complexity index is 1070. The fraction of sp³-hybridized carbons (Fsp3) is 0.481. The minimum absolute atomic E-state index is 0.312. The molecular formula is C27H31NO4. The lowest BCUT2D eigenvalue weighted by atomic mass is 9.80. The maximum absolute atomic E-state index is 6.36. The summed E-state index contributed by atoms with van der Waals surface area (Å²) in [5, 5.41) is 0. The van der Waals surface area contributed by atoms with Crippen molar-refractivity contribution in [2.75, 3.05) is 27.1 Å². The molecule has 0 amide bonds. The van der Waals surface area contributed by atoms with Crippen LogP contribution in [0.5, 0.6) is 23.0 Å². The average Bonchev–Trinajstić information content (AvgIpc) is 3.51. The fourth-order valence-corrected chi connectivity index (χ4v) is 6.00. The molecule has 1 saturated carbocycles. The first-order chi connectivity index (χ1) is 15.8. The Morgan fingerprint density at radius 3 is 2.69 bits per heavy atom. The van der Waals surface area contributed by atoms with E-state index in [-0.39, 0.29) is 0 Å². The Morgan fingerprint density at radius 2 is 1.91 bits per heavy atom. The van der Waals surface area contributed by atoms with E-state index in [0.29, 0.717) is 25.4 Å². The highest BCUT2D eigenvalue weighted by molar-refractivity contribution is 5.88. The second-order valence-corrected chi connectivity index (χ2v) is 9.27. The molecule has 0 spiro atoms. The Labute approximate surface area is 189 Å². The largest absolute Gasteiger partial charge is 0.493 e. The van der Waals surface area contributed by atoms with E-state index in [9.17, 15) is 0 Å². The second-order valence-electron chi connectivity index (χ2n) is 9.27. The summed E-state index contributed by atoms with van der Waals surface area (Å²) in [4.78, 5) is 2.64. The van der Waals surface area contributed by atoms with Gasteiger partial charge in [0.05, 0.1) is 19.8 Å². The molecule has 5 nitrogen and oxygen atoms in total. The van der Waals surface area contributed by atoms with Crippen molar-refractivity contribution >= 4 is 11.8 Å². The molecule has 0 bridgehead atoms. The average molecular weight is 434 g/mol. The zero-order chi connectivity index (χ0) is 21.7. The Morgan fingerprint density at radius 1 is 1.09 bits per heavy atom. The van der Waals surface area contributed by atoms with E-state index in [2.05, 4.69) is 42.2 Å². The van der Waals surface area contributed by atoms with Crippen molar-refractivity contribution in [3.63, 3.8) is 0 Å². The number of methoxy groups -OCH3 is 1. The predicted octanol–water partition coefficient (Wildman–Crippen LogP) is 5.81. The van der Waals surface area contributed by atoms with Crippen molar-refractivity contribution in [2.24, 2.45) is 5.92 Å². The molecule has 0 aromatic heterocycles. The van der Waals surface area contributed by atoms with Gasteiger partial charge in [0.1, 0.15) is 0 Å². The van der Waals surface area contributed by atoms with Crippen LogP contribution in [0.25, 0.3) is 11.8 Å². The lowest BCUT2D eigenvalue weighted by molar-refractivity contribution is 0.174. The van der Waals surface area contributed by atoms with E-state index in [4.69, 9.17) is 18.9 Å². The molecule has 0 N–H and O–H groups in total. The molecule has 1 aliphatic carbocycles. The van der Waals surface area contributed by atoms with Crippen LogP contribution in [0.15, 0.2) is 24.3 Å². The number of nitrogens with zero attached hydrogens (tertiary/aromatic N) is 1. The number of ether oxygens (including phenoxy) is 4. The summed E-state index contributed by atoms with van der Waals surface area (Å²) in [6, 6.07) is 8.95. The molecule has 168 valence electrons. The minimum Gasteiger partial charge on any atom is -0.493 e. The lowest BCUT2D eigenvalue weighted by Crippen LogP contribution is -2.38. The number of benzene rings is 2. The monoisotopic (exact) mass is 433 g/mol. The number of rotatable bonds is 5. The lowest BCUT2D eigenvalue weighted by Gasteiger charge is -2.46. The highest BCUT2D eigenvalue weighted by Crippen LogP contribution is 2.54. The van der Waals surface area contributed by atoms with Gasteiger partial charge >= 0.3 is 0 Å². The third kappa shape index (κ3) is 3.05. The molecule has 1 atom stereocenters. The predicted molar refractivity (Wildman–Crippen MR) is 124 cm³/mol. The maximum atomic E-state index is 6.36. The van der Waals surface area contributed by atoms with Gasteiger partial charge in [-0.1, -0.05) is 25.8 Å². The van der Waals surface area contributed by atoms with E-state index in [0.717, 1.165) is 42.4 Å². The van der Waals surface area contributed by atoms with E-state index in [1.54, 1.807) is 7.11 Å². The first kappa shape index (κ1) is 19.8. The smallest absolute Gasteiger partial charge is 0.231 e. The normalized spacial score (nSPS) is 21.0. The fourth-order valence-electron chi connectivity index (χ4n) is 6.00. The molecule has 2 aromatic rings. The van der Waals surface area contributed by atoms with Crippen molar-refractivity contribution in [3.8, 4) is 23.0 Å². The van der Waals surface area contributed by atoms with Crippen molar-refractivity contribution in [3.05, 3.63) is 46.5 Å². The topological polar surface area (TPSA) is 40.2 Å². The van der Waals surface area contributed by atoms with Crippen LogP contribution in [0.2, 0.25) is 0 Å². The van der Waals surface area contributed by atoms with Crippen LogP contribution in [-0.4, -0.2) is 32.0 Å². The SMILES string of the molecule is CCCOc1c(OC)ccc2c1[C@H](C1CCCC1)N1CCc3cc4c(cc3C1=C2)OCO4. The maximum Gasteiger partial charge on any atom is 0.231 e. The van der Waals surface area contributed by atoms with Gasteiger partial charge in [0.15, 0.2) is 23.0 Å².